The first-order valence-electron chi connectivity index (χ1n) is 9.05. The number of hydrogen-bond donors (Lipinski definition) is 2. The number of aromatic nitrogens is 1. The molecule has 1 aliphatic heterocycles. The van der Waals surface area contributed by atoms with E-state index in [4.69, 9.17) is 0 Å². The third-order valence-corrected chi connectivity index (χ3v) is 4.28. The van der Waals surface area contributed by atoms with E-state index in [1.807, 2.05) is 29.4 Å². The lowest BCUT2D eigenvalue weighted by Gasteiger charge is -2.26. The first-order chi connectivity index (χ1) is 13.8. The van der Waals surface area contributed by atoms with Gasteiger partial charge in [-0.15, -0.1) is 0 Å². The number of pyridine rings is 1. The highest BCUT2D eigenvalue weighted by Gasteiger charge is 2.28. The maximum atomic E-state index is 12.8. The third-order valence-electron chi connectivity index (χ3n) is 4.28. The zero-order valence-electron chi connectivity index (χ0n) is 15.7. The number of para-hydroxylation sites is 1. The second kappa shape index (κ2) is 8.85. The zero-order chi connectivity index (χ0) is 20.9. The lowest BCUT2D eigenvalue weighted by atomic mass is 10.1. The number of carbonyl (C=O) groups excluding carboxylic acids is 1. The SMILES string of the molecule is C[C@@H](NC(=O)c1ccccc1N1C=CNCC1)c1ccc(OCC(F)(F)F)cn1. The molecule has 1 amide bonds. The number of halogens is 3. The molecule has 29 heavy (non-hydrogen) atoms. The molecule has 2 N–H and O–H groups in total. The number of benzene rings is 1. The fraction of sp³-hybridized carbons (Fsp3) is 0.300. The van der Waals surface area contributed by atoms with Gasteiger partial charge in [0.25, 0.3) is 5.91 Å². The average Bonchev–Trinajstić information content (AvgIpc) is 2.72. The number of amides is 1. The third kappa shape index (κ3) is 5.63. The van der Waals surface area contributed by atoms with Crippen LogP contribution in [-0.4, -0.2) is 36.8 Å². The van der Waals surface area contributed by atoms with Crippen LogP contribution in [0.15, 0.2) is 55.0 Å². The molecule has 3 rings (SSSR count). The Hall–Kier alpha value is -3.23. The predicted octanol–water partition coefficient (Wildman–Crippen LogP) is 3.39. The quantitative estimate of drug-likeness (QED) is 0.770. The number of nitrogens with zero attached hydrogens (tertiary/aromatic N) is 2. The van der Waals surface area contributed by atoms with Gasteiger partial charge in [-0.05, 0) is 31.2 Å². The van der Waals surface area contributed by atoms with E-state index in [-0.39, 0.29) is 11.7 Å². The minimum absolute atomic E-state index is 0.0143. The first kappa shape index (κ1) is 20.5. The van der Waals surface area contributed by atoms with Crippen LogP contribution in [0.4, 0.5) is 18.9 Å². The molecule has 0 bridgehead atoms. The molecular formula is C20H21F3N4O2. The van der Waals surface area contributed by atoms with Gasteiger partial charge in [0.15, 0.2) is 6.61 Å². The van der Waals surface area contributed by atoms with Gasteiger partial charge in [-0.1, -0.05) is 12.1 Å². The molecule has 0 saturated heterocycles. The molecule has 1 aromatic heterocycles. The van der Waals surface area contributed by atoms with Crippen molar-refractivity contribution in [3.8, 4) is 5.75 Å². The highest BCUT2D eigenvalue weighted by atomic mass is 19.4. The average molecular weight is 406 g/mol. The van der Waals surface area contributed by atoms with Crippen molar-refractivity contribution in [3.05, 3.63) is 66.3 Å². The van der Waals surface area contributed by atoms with E-state index in [1.165, 1.54) is 18.3 Å². The van der Waals surface area contributed by atoms with Crippen molar-refractivity contribution >= 4 is 11.6 Å². The molecule has 0 spiro atoms. The van der Waals surface area contributed by atoms with Crippen molar-refractivity contribution in [2.45, 2.75) is 19.1 Å². The second-order valence-corrected chi connectivity index (χ2v) is 6.50. The smallest absolute Gasteiger partial charge is 0.422 e. The number of ether oxygens (including phenoxy) is 1. The molecule has 6 nitrogen and oxygen atoms in total. The molecular weight excluding hydrogens is 385 g/mol. The monoisotopic (exact) mass is 406 g/mol. The Bertz CT molecular complexity index is 869. The molecule has 2 heterocycles. The minimum Gasteiger partial charge on any atom is -0.483 e. The number of nitrogens with one attached hydrogen (secondary N) is 2. The van der Waals surface area contributed by atoms with Crippen LogP contribution >= 0.6 is 0 Å². The lowest BCUT2D eigenvalue weighted by Crippen LogP contribution is -2.33. The number of anilines is 1. The number of carbonyl (C=O) groups is 1. The highest BCUT2D eigenvalue weighted by Crippen LogP contribution is 2.23. The number of alkyl halides is 3. The Morgan fingerprint density at radius 3 is 2.76 bits per heavy atom. The molecule has 0 radical (unpaired) electrons. The number of rotatable bonds is 6. The molecule has 1 aromatic carbocycles. The summed E-state index contributed by atoms with van der Waals surface area (Å²) < 4.78 is 41.3. The summed E-state index contributed by atoms with van der Waals surface area (Å²) in [6.07, 6.45) is 0.504. The topological polar surface area (TPSA) is 66.5 Å². The van der Waals surface area contributed by atoms with Gasteiger partial charge in [-0.3, -0.25) is 9.78 Å². The molecule has 0 aliphatic carbocycles. The van der Waals surface area contributed by atoms with Crippen molar-refractivity contribution in [3.63, 3.8) is 0 Å². The van der Waals surface area contributed by atoms with Crippen molar-refractivity contribution in [1.82, 2.24) is 15.6 Å². The zero-order valence-corrected chi connectivity index (χ0v) is 15.7. The van der Waals surface area contributed by atoms with E-state index in [0.717, 1.165) is 18.8 Å². The second-order valence-electron chi connectivity index (χ2n) is 6.50. The van der Waals surface area contributed by atoms with Gasteiger partial charge < -0.3 is 20.3 Å². The van der Waals surface area contributed by atoms with Crippen LogP contribution in [0.2, 0.25) is 0 Å². The van der Waals surface area contributed by atoms with E-state index in [0.29, 0.717) is 11.3 Å². The fourth-order valence-electron chi connectivity index (χ4n) is 2.85. The summed E-state index contributed by atoms with van der Waals surface area (Å²) in [5.74, 6) is -0.250. The van der Waals surface area contributed by atoms with Crippen LogP contribution in [0.25, 0.3) is 0 Å². The largest absolute Gasteiger partial charge is 0.483 e. The Labute approximate surface area is 166 Å². The minimum atomic E-state index is -4.41. The lowest BCUT2D eigenvalue weighted by molar-refractivity contribution is -0.153. The van der Waals surface area contributed by atoms with Gasteiger partial charge in [0, 0.05) is 25.5 Å². The molecule has 9 heteroatoms. The summed E-state index contributed by atoms with van der Waals surface area (Å²) in [4.78, 5) is 18.9. The van der Waals surface area contributed by atoms with Gasteiger partial charge in [0.05, 0.1) is 29.2 Å². The van der Waals surface area contributed by atoms with Gasteiger partial charge in [-0.25, -0.2) is 0 Å². The number of hydrogen-bond acceptors (Lipinski definition) is 5. The van der Waals surface area contributed by atoms with E-state index < -0.39 is 18.8 Å². The van der Waals surface area contributed by atoms with Crippen LogP contribution in [0.1, 0.15) is 29.0 Å². The van der Waals surface area contributed by atoms with Gasteiger partial charge in [-0.2, -0.15) is 13.2 Å². The van der Waals surface area contributed by atoms with E-state index in [2.05, 4.69) is 20.4 Å². The summed E-state index contributed by atoms with van der Waals surface area (Å²) in [5.41, 5.74) is 1.83. The van der Waals surface area contributed by atoms with E-state index >= 15 is 0 Å². The molecule has 2 aromatic rings. The van der Waals surface area contributed by atoms with Crippen molar-refractivity contribution in [2.75, 3.05) is 24.6 Å². The Morgan fingerprint density at radius 2 is 2.10 bits per heavy atom. The summed E-state index contributed by atoms with van der Waals surface area (Å²) >= 11 is 0. The summed E-state index contributed by atoms with van der Waals surface area (Å²) in [6, 6.07) is 9.77. The molecule has 0 saturated carbocycles. The molecule has 0 fully saturated rings. The fourth-order valence-corrected chi connectivity index (χ4v) is 2.85. The molecule has 154 valence electrons. The van der Waals surface area contributed by atoms with Crippen molar-refractivity contribution in [2.24, 2.45) is 0 Å². The highest BCUT2D eigenvalue weighted by molar-refractivity contribution is 6.00. The van der Waals surface area contributed by atoms with Crippen LogP contribution in [0.3, 0.4) is 0 Å². The van der Waals surface area contributed by atoms with E-state index in [9.17, 15) is 18.0 Å². The Balaban J connectivity index is 1.66. The molecule has 0 unspecified atom stereocenters. The predicted molar refractivity (Wildman–Crippen MR) is 103 cm³/mol. The van der Waals surface area contributed by atoms with Crippen LogP contribution in [0, 0.1) is 0 Å². The maximum Gasteiger partial charge on any atom is 0.422 e. The standard InChI is InChI=1S/C20H21F3N4O2/c1-14(17-7-6-15(12-25-17)29-13-20(21,22)23)26-19(28)16-4-2-3-5-18(16)27-10-8-24-9-11-27/h2-8,10,12,14,24H,9,11,13H2,1H3,(H,26,28)/t14-/m1/s1. The van der Waals surface area contributed by atoms with Crippen LogP contribution < -0.4 is 20.3 Å². The van der Waals surface area contributed by atoms with Gasteiger partial charge in [0.1, 0.15) is 5.75 Å². The van der Waals surface area contributed by atoms with Crippen LogP contribution in [-0.2, 0) is 0 Å². The summed E-state index contributed by atoms with van der Waals surface area (Å²) in [6.45, 7) is 1.88. The first-order valence-corrected chi connectivity index (χ1v) is 9.05. The van der Waals surface area contributed by atoms with Crippen molar-refractivity contribution < 1.29 is 22.7 Å². The molecule has 1 atom stereocenters. The van der Waals surface area contributed by atoms with Crippen molar-refractivity contribution in [1.29, 1.82) is 0 Å². The Kier molecular flexibility index (Phi) is 6.26. The maximum absolute atomic E-state index is 12.8. The normalized spacial score (nSPS) is 14.8. The molecule has 1 aliphatic rings. The van der Waals surface area contributed by atoms with Gasteiger partial charge in [0.2, 0.25) is 0 Å². The van der Waals surface area contributed by atoms with E-state index in [1.54, 1.807) is 19.1 Å². The van der Waals surface area contributed by atoms with Gasteiger partial charge >= 0.3 is 6.18 Å². The summed E-state index contributed by atoms with van der Waals surface area (Å²) in [5, 5.41) is 5.98. The summed E-state index contributed by atoms with van der Waals surface area (Å²) in [7, 11) is 0. The Morgan fingerprint density at radius 1 is 1.31 bits per heavy atom. The van der Waals surface area contributed by atoms with Crippen LogP contribution in [0.5, 0.6) is 5.75 Å².